The van der Waals surface area contributed by atoms with Crippen molar-refractivity contribution in [2.75, 3.05) is 89.1 Å². The van der Waals surface area contributed by atoms with Crippen LogP contribution in [0, 0.1) is 322 Å². The number of thiazole rings is 1. The van der Waals surface area contributed by atoms with Gasteiger partial charge in [0.25, 0.3) is 5.91 Å². The number of aliphatic hydroxyl groups is 1. The Morgan fingerprint density at radius 3 is 1.53 bits per heavy atom. The lowest BCUT2D eigenvalue weighted by Crippen LogP contribution is -2.58. The number of anilines is 2. The molecule has 0 unspecified atom stereocenters. The molecule has 2 aliphatic heterocycles. The minimum atomic E-state index is -0.968. The number of aromatic nitrogens is 7. The molecule has 0 saturated carbocycles. The Balaban J connectivity index is -0.0000000847. The molecule has 766 valence electrons. The van der Waals surface area contributed by atoms with Gasteiger partial charge < -0.3 is 45.1 Å². The molecule has 1 aromatic carbocycles. The summed E-state index contributed by atoms with van der Waals surface area (Å²) in [7, 11) is 0. The molecular formula is C100H128N26O16S2. The molecule has 0 spiro atoms. The molecule has 0 bridgehead atoms. The highest BCUT2D eigenvalue weighted by Gasteiger charge is 2.44. The van der Waals surface area contributed by atoms with Gasteiger partial charge >= 0.3 is 0 Å². The van der Waals surface area contributed by atoms with E-state index in [4.69, 9.17) is 42.9 Å². The van der Waals surface area contributed by atoms with Gasteiger partial charge in [-0.15, -0.1) is 33.6 Å². The zero-order chi connectivity index (χ0) is 103. The van der Waals surface area contributed by atoms with E-state index in [9.17, 15) is 24.3 Å². The normalized spacial score (nSPS) is 11.7. The molecule has 5 aromatic heterocycles. The molecule has 2 saturated heterocycles. The summed E-state index contributed by atoms with van der Waals surface area (Å²) in [5.41, 5.74) is 12.0. The minimum absolute atomic E-state index is 0. The topological polar surface area (TPSA) is 484 Å². The average Bonchev–Trinajstić information content (AvgIpc) is 1.65. The first-order chi connectivity index (χ1) is 70.5. The Morgan fingerprint density at radius 1 is 0.590 bits per heavy atom. The van der Waals surface area contributed by atoms with Crippen molar-refractivity contribution in [3.63, 3.8) is 0 Å². The number of aryl methyl sites for hydroxylation is 2. The summed E-state index contributed by atoms with van der Waals surface area (Å²) in [6.45, 7) is 14.9. The molecule has 44 heteroatoms. The number of aliphatic hydroxyl groups excluding tert-OH is 1. The summed E-state index contributed by atoms with van der Waals surface area (Å²) in [5, 5.41) is 81.3. The predicted molar refractivity (Wildman–Crippen MR) is 580 cm³/mol. The maximum Gasteiger partial charge on any atom is 0.262 e. The summed E-state index contributed by atoms with van der Waals surface area (Å²) < 4.78 is 23.9. The Kier molecular flexibility index (Phi) is 55.7. The van der Waals surface area contributed by atoms with Gasteiger partial charge in [0.05, 0.1) is 66.8 Å². The van der Waals surface area contributed by atoms with E-state index in [0.717, 1.165) is 65.8 Å². The fraction of sp³-hybridized carbons (Fsp3) is 0.230. The van der Waals surface area contributed by atoms with E-state index in [1.165, 1.54) is 11.1 Å². The molecule has 8 rings (SSSR count). The smallest absolute Gasteiger partial charge is 0.262 e. The Hall–Kier alpha value is -20.3. The zero-order valence-corrected chi connectivity index (χ0v) is 77.8. The van der Waals surface area contributed by atoms with E-state index in [1.54, 1.807) is 45.2 Å². The molecular weight excluding hydrogens is 1890 g/mol. The van der Waals surface area contributed by atoms with Crippen LogP contribution in [0.5, 0.6) is 0 Å². The first kappa shape index (κ1) is 112. The predicted octanol–water partition coefficient (Wildman–Crippen LogP) is 12.9. The van der Waals surface area contributed by atoms with Crippen LogP contribution in [0.4, 0.5) is 11.6 Å². The third-order valence-electron chi connectivity index (χ3n) is 16.2. The number of nitrogens with one attached hydrogen (secondary N) is 4. The second-order valence-electron chi connectivity index (χ2n) is 26.7. The lowest BCUT2D eigenvalue weighted by atomic mass is 9.85. The number of amides is 4. The average molecular weight is 2010 g/mol. The van der Waals surface area contributed by atoms with Crippen molar-refractivity contribution in [3.8, 4) is 313 Å². The first-order valence-electron chi connectivity index (χ1n) is 40.4. The SMILES string of the molecule is C#CC#CC#CC#CC#CC#CC#CC#CC#CC#CC#CC#CC#CC#CC#CC#CC#CC#CC#CC#CC#CC#CC#CC#CC#C.Cc1ccc(-n2nc(N3CCN(CCOCCOCCOCC(=O)N[C@H](C(=O)N4C[C@H](O)C[C@H]4C(=O)NCc4ccc(-c5scnc5C)cc4)C(C)(C)C)CC3)cc2NC(=O)c2cnn3cccnc23)nc1.N=N/N=N/N=N/N=N/N=N/N=N/N(OOOO)OOOOS.[HH].[HH].[HH].[HH].[HH].[HH].[HH].[HH].[HH].[HH].[HH].[HH].[HH].[HH].[HH].[HH].[HH].[HH].[HH].[HH].[HH].[HH].[HH].[HH].[HH].[HH].[HH].[HH].[HH].[HH]. The van der Waals surface area contributed by atoms with Gasteiger partial charge in [0.1, 0.15) is 30.1 Å². The number of rotatable bonds is 34. The fourth-order valence-corrected chi connectivity index (χ4v) is 11.1. The van der Waals surface area contributed by atoms with Crippen LogP contribution in [0.25, 0.3) is 21.9 Å². The maximum atomic E-state index is 14.0. The van der Waals surface area contributed by atoms with Crippen LogP contribution < -0.4 is 20.9 Å². The van der Waals surface area contributed by atoms with E-state index in [0.29, 0.717) is 42.7 Å². The molecule has 144 heavy (non-hydrogen) atoms. The first-order valence-corrected chi connectivity index (χ1v) is 41.7. The number of carbonyl (C=O) groups excluding carboxylic acids is 4. The summed E-state index contributed by atoms with van der Waals surface area (Å²) in [6, 6.07) is 13.4. The number of benzene rings is 1. The van der Waals surface area contributed by atoms with Crippen LogP contribution in [0.2, 0.25) is 0 Å². The number of hydrogen-bond acceptors (Lipinski definition) is 27. The van der Waals surface area contributed by atoms with Gasteiger partial charge in [-0.25, -0.2) is 24.7 Å². The molecule has 6 N–H and O–H groups in total. The van der Waals surface area contributed by atoms with Gasteiger partial charge in [-0.1, -0.05) is 51.1 Å². The van der Waals surface area contributed by atoms with Gasteiger partial charge in [-0.05, 0) is 204 Å². The van der Waals surface area contributed by atoms with Crippen LogP contribution in [0.1, 0.15) is 97.2 Å². The number of pyridine rings is 1. The number of thiol groups is 1. The van der Waals surface area contributed by atoms with Crippen molar-refractivity contribution in [1.82, 2.24) is 60.1 Å². The molecule has 0 aliphatic carbocycles. The van der Waals surface area contributed by atoms with Gasteiger partial charge in [0.15, 0.2) is 17.3 Å². The monoisotopic (exact) mass is 2010 g/mol. The lowest BCUT2D eigenvalue weighted by Gasteiger charge is -2.35. The van der Waals surface area contributed by atoms with Crippen molar-refractivity contribution in [1.29, 1.82) is 5.53 Å². The van der Waals surface area contributed by atoms with Crippen LogP contribution in [0.15, 0.2) is 136 Å². The molecule has 3 atom stereocenters. The van der Waals surface area contributed by atoms with Crippen molar-refractivity contribution >= 4 is 65.2 Å². The van der Waals surface area contributed by atoms with Crippen LogP contribution >= 0.6 is 24.2 Å². The lowest BCUT2D eigenvalue weighted by molar-refractivity contribution is -0.759. The van der Waals surface area contributed by atoms with Crippen molar-refractivity contribution < 1.29 is 121 Å². The number of nitrogens with zero attached hydrogens (tertiary/aromatic N) is 22. The molecule has 6 aromatic rings. The highest BCUT2D eigenvalue weighted by molar-refractivity contribution is 7.74. The Labute approximate surface area is 881 Å². The van der Waals surface area contributed by atoms with Crippen molar-refractivity contribution in [2.24, 2.45) is 62.9 Å². The zero-order valence-electron chi connectivity index (χ0n) is 76.1. The largest absolute Gasteiger partial charge is 0.391 e. The number of fused-ring (bicyclic) bond motifs is 1. The summed E-state index contributed by atoms with van der Waals surface area (Å²) in [4.78, 5) is 81.9. The highest BCUT2D eigenvalue weighted by atomic mass is 32.1. The minimum Gasteiger partial charge on any atom is -0.391 e. The van der Waals surface area contributed by atoms with Crippen molar-refractivity contribution in [3.05, 3.63) is 101 Å². The molecule has 0 radical (unpaired) electrons. The number of hydrogen-bond donors (Lipinski definition) is 7. The molecule has 2 aliphatic rings. The number of β-amino-alcohol motifs (C(OH)–C–C–N with tert-alkyl or cyclic N) is 1. The third kappa shape index (κ3) is 48.3. The summed E-state index contributed by atoms with van der Waals surface area (Å²) in [5.74, 6) is 118. The van der Waals surface area contributed by atoms with Crippen LogP contribution in [0.3, 0.4) is 0 Å². The van der Waals surface area contributed by atoms with E-state index >= 15 is 0 Å². The van der Waals surface area contributed by atoms with E-state index in [-0.39, 0.29) is 99.3 Å². The number of carbonyl (C=O) groups is 4. The van der Waals surface area contributed by atoms with E-state index in [1.807, 2.05) is 82.6 Å². The summed E-state index contributed by atoms with van der Waals surface area (Å²) in [6.07, 6.45) is 15.7. The molecule has 7 heterocycles. The van der Waals surface area contributed by atoms with Gasteiger partial charge in [0, 0.05) is 348 Å². The number of terminal acetylenes is 2. The van der Waals surface area contributed by atoms with Crippen LogP contribution in [-0.2, 0) is 69.6 Å². The molecule has 4 amide bonds. The third-order valence-corrected chi connectivity index (χ3v) is 17.3. The second-order valence-corrected chi connectivity index (χ2v) is 27.7. The Morgan fingerprint density at radius 2 is 1.07 bits per heavy atom. The molecule has 2 fully saturated rings. The quantitative estimate of drug-likeness (QED) is 0.00375. The summed E-state index contributed by atoms with van der Waals surface area (Å²) >= 11 is 4.67. The van der Waals surface area contributed by atoms with Crippen molar-refractivity contribution in [2.45, 2.75) is 65.8 Å². The number of ether oxygens (including phenoxy) is 3. The van der Waals surface area contributed by atoms with Gasteiger partial charge in [-0.2, -0.15) is 15.3 Å². The second kappa shape index (κ2) is 71.3. The highest BCUT2D eigenvalue weighted by Crippen LogP contribution is 2.30. The van der Waals surface area contributed by atoms with E-state index < -0.39 is 35.4 Å². The van der Waals surface area contributed by atoms with E-state index in [2.05, 4.69) is 435 Å². The van der Waals surface area contributed by atoms with Crippen LogP contribution in [-0.4, -0.2) is 181 Å². The standard InChI is InChI=1S/C50H63N13O8S.C50H2.H3N13O8S.30H2/c1-33-7-12-40(52-27-33)63-41(56-47(66)38-29-55-62-14-6-13-51-46(38)62)26-42(58-63)60-17-15-59(16-18-60)19-20-69-21-22-70-23-24-71-31-43(65)57-45(50(3,4)5)49(68)61-30-37(64)25-39(61)48(67)53-28-35-8-10-36(11-9-35)44-34(2)54-32-72-44;1-3-5-7-9-11-13-15-17-19-21-23-25-27-29-31-33-35-37-39-41-43-45-47-49-50-48-46-44-42-40-38-36-34-32-30-28-26-24-22-20-18-16-14-12-10-8-6-4-2;1-2-3-4-5-6-7-8-9-10-11-12-13(15-18-17-14)16-19-20-21-22;;;;;;;;;;;;;;;;;;;;;;;;;;;;;;/h6-14,26-27,29,32,37,39,45,64H,15-25,28,30-31H2,1-5H3,(H,53,67)(H,56,66)(H,57,65);1-2H;1,14,22H;30*1H/b;;2-1?,4-3+,6-5+,8-7+,10-9+,12-11+;;;;;;;;;;;;;;;;;;;;;;;;;;;;;;/t37-,39+,45-;;;;;;;;;;;;;;;;;;;;;;;;;;;;;;;;/m1................................/s1. The maximum absolute atomic E-state index is 14.0. The number of piperazine rings is 1. The molecule has 42 nitrogen and oxygen atoms in total. The Bertz CT molecular complexity index is 7390. The fourth-order valence-electron chi connectivity index (χ4n) is 10.3. The number of likely N-dealkylation sites (tertiary alicyclic amines) is 1. The van der Waals surface area contributed by atoms with Gasteiger partial charge in [0.2, 0.25) is 17.7 Å². The van der Waals surface area contributed by atoms with Gasteiger partial charge in [-0.3, -0.25) is 24.1 Å².